The molecule has 11 heavy (non-hydrogen) atoms. The van der Waals surface area contributed by atoms with Gasteiger partial charge in [-0.15, -0.1) is 0 Å². The minimum absolute atomic E-state index is 0.481. The summed E-state index contributed by atoms with van der Waals surface area (Å²) in [6.45, 7) is 2.59. The van der Waals surface area contributed by atoms with Gasteiger partial charge < -0.3 is 5.73 Å². The Bertz CT molecular complexity index is 132. The minimum Gasteiger partial charge on any atom is -0.350 e. The summed E-state index contributed by atoms with van der Waals surface area (Å²) in [4.78, 5) is 12.4. The molecule has 0 aromatic carbocycles. The van der Waals surface area contributed by atoms with Gasteiger partial charge in [0.15, 0.2) is 0 Å². The van der Waals surface area contributed by atoms with Crippen molar-refractivity contribution >= 4 is 6.03 Å². The van der Waals surface area contributed by atoms with E-state index >= 15 is 0 Å². The Morgan fingerprint density at radius 2 is 2.00 bits per heavy atom. The Labute approximate surface area is 66.7 Å². The first-order valence-electron chi connectivity index (χ1n) is 3.98. The standard InChI is InChI=1S/C7H14N3O/c8-7(11)9-6-10-4-2-1-3-5-10/h1-6H2,(H2,8,11). The van der Waals surface area contributed by atoms with Crippen LogP contribution in [0.2, 0.25) is 0 Å². The molecule has 0 saturated carbocycles. The third kappa shape index (κ3) is 3.23. The quantitative estimate of drug-likeness (QED) is 0.617. The number of likely N-dealkylation sites (tertiary alicyclic amines) is 1. The lowest BCUT2D eigenvalue weighted by Crippen LogP contribution is -2.38. The Balaban J connectivity index is 2.09. The lowest BCUT2D eigenvalue weighted by atomic mass is 10.1. The van der Waals surface area contributed by atoms with Crippen LogP contribution in [0.25, 0.3) is 0 Å². The average molecular weight is 156 g/mol. The summed E-state index contributed by atoms with van der Waals surface area (Å²) < 4.78 is 0. The number of urea groups is 1. The van der Waals surface area contributed by atoms with Gasteiger partial charge in [-0.2, -0.15) is 0 Å². The van der Waals surface area contributed by atoms with E-state index in [-0.39, 0.29) is 0 Å². The van der Waals surface area contributed by atoms with E-state index in [4.69, 9.17) is 5.73 Å². The molecule has 1 fully saturated rings. The second kappa shape index (κ2) is 4.18. The van der Waals surface area contributed by atoms with Crippen molar-refractivity contribution in [3.63, 3.8) is 0 Å². The van der Waals surface area contributed by atoms with Crippen LogP contribution in [0.1, 0.15) is 19.3 Å². The van der Waals surface area contributed by atoms with Crippen molar-refractivity contribution in [3.05, 3.63) is 0 Å². The first-order chi connectivity index (χ1) is 5.29. The lowest BCUT2D eigenvalue weighted by molar-refractivity contribution is 0.203. The van der Waals surface area contributed by atoms with E-state index in [1.807, 2.05) is 0 Å². The van der Waals surface area contributed by atoms with Crippen LogP contribution in [0.4, 0.5) is 4.79 Å². The fourth-order valence-electron chi connectivity index (χ4n) is 1.27. The van der Waals surface area contributed by atoms with Gasteiger partial charge in [-0.05, 0) is 25.9 Å². The highest BCUT2D eigenvalue weighted by Gasteiger charge is 2.10. The molecule has 2 N–H and O–H groups in total. The van der Waals surface area contributed by atoms with Crippen molar-refractivity contribution in [1.82, 2.24) is 10.2 Å². The Morgan fingerprint density at radius 1 is 1.36 bits per heavy atom. The number of hydrogen-bond donors (Lipinski definition) is 1. The SMILES string of the molecule is NC(=O)[N]CN1CCCCC1. The summed E-state index contributed by atoms with van der Waals surface area (Å²) in [6, 6.07) is -0.560. The maximum Gasteiger partial charge on any atom is 0.335 e. The van der Waals surface area contributed by atoms with Gasteiger partial charge >= 0.3 is 6.03 Å². The first kappa shape index (κ1) is 8.33. The lowest BCUT2D eigenvalue weighted by Gasteiger charge is -2.24. The molecule has 4 nitrogen and oxygen atoms in total. The van der Waals surface area contributed by atoms with E-state index in [0.717, 1.165) is 13.1 Å². The molecule has 0 spiro atoms. The highest BCUT2D eigenvalue weighted by Crippen LogP contribution is 2.06. The second-order valence-corrected chi connectivity index (χ2v) is 2.82. The molecule has 0 aromatic heterocycles. The summed E-state index contributed by atoms with van der Waals surface area (Å²) in [5.74, 6) is 0. The minimum atomic E-state index is -0.560. The Morgan fingerprint density at radius 3 is 2.55 bits per heavy atom. The van der Waals surface area contributed by atoms with Gasteiger partial charge in [0, 0.05) is 0 Å². The van der Waals surface area contributed by atoms with E-state index in [9.17, 15) is 4.79 Å². The zero-order chi connectivity index (χ0) is 8.10. The van der Waals surface area contributed by atoms with Crippen LogP contribution in [0, 0.1) is 0 Å². The van der Waals surface area contributed by atoms with Crippen molar-refractivity contribution in [1.29, 1.82) is 0 Å². The van der Waals surface area contributed by atoms with Gasteiger partial charge in [0.2, 0.25) is 0 Å². The summed E-state index contributed by atoms with van der Waals surface area (Å²) in [6.07, 6.45) is 3.73. The van der Waals surface area contributed by atoms with E-state index in [2.05, 4.69) is 10.2 Å². The van der Waals surface area contributed by atoms with E-state index in [1.165, 1.54) is 19.3 Å². The molecule has 2 amide bonds. The predicted molar refractivity (Wildman–Crippen MR) is 42.0 cm³/mol. The number of piperidine rings is 1. The Hall–Kier alpha value is -0.770. The van der Waals surface area contributed by atoms with Gasteiger partial charge in [-0.1, -0.05) is 6.42 Å². The molecule has 0 unspecified atom stereocenters. The van der Waals surface area contributed by atoms with Gasteiger partial charge in [-0.3, -0.25) is 4.90 Å². The van der Waals surface area contributed by atoms with Crippen molar-refractivity contribution in [2.45, 2.75) is 19.3 Å². The van der Waals surface area contributed by atoms with Gasteiger partial charge in [0.25, 0.3) is 0 Å². The number of amides is 2. The molecule has 1 aliphatic rings. The van der Waals surface area contributed by atoms with E-state index in [0.29, 0.717) is 6.67 Å². The largest absolute Gasteiger partial charge is 0.350 e. The molecular formula is C7H14N3O. The molecule has 0 bridgehead atoms. The van der Waals surface area contributed by atoms with E-state index < -0.39 is 6.03 Å². The summed E-state index contributed by atoms with van der Waals surface area (Å²) in [5.41, 5.74) is 4.88. The molecule has 1 rings (SSSR count). The van der Waals surface area contributed by atoms with Crippen LogP contribution in [0.15, 0.2) is 0 Å². The summed E-state index contributed by atoms with van der Waals surface area (Å²) in [5, 5.41) is 3.61. The number of nitrogens with zero attached hydrogens (tertiary/aromatic N) is 2. The van der Waals surface area contributed by atoms with E-state index in [1.54, 1.807) is 0 Å². The topological polar surface area (TPSA) is 60.4 Å². The molecule has 1 heterocycles. The molecule has 1 saturated heterocycles. The zero-order valence-corrected chi connectivity index (χ0v) is 6.62. The molecule has 4 heteroatoms. The van der Waals surface area contributed by atoms with Crippen LogP contribution in [-0.4, -0.2) is 30.7 Å². The number of rotatable bonds is 2. The van der Waals surface area contributed by atoms with Crippen LogP contribution in [0.5, 0.6) is 0 Å². The fourth-order valence-corrected chi connectivity index (χ4v) is 1.27. The summed E-state index contributed by atoms with van der Waals surface area (Å²) in [7, 11) is 0. The van der Waals surface area contributed by atoms with Crippen LogP contribution in [-0.2, 0) is 0 Å². The van der Waals surface area contributed by atoms with Crippen molar-refractivity contribution in [2.75, 3.05) is 19.8 Å². The fraction of sp³-hybridized carbons (Fsp3) is 0.857. The highest BCUT2D eigenvalue weighted by molar-refractivity contribution is 5.71. The van der Waals surface area contributed by atoms with Crippen LogP contribution >= 0.6 is 0 Å². The monoisotopic (exact) mass is 156 g/mol. The molecule has 63 valence electrons. The summed E-state index contributed by atoms with van der Waals surface area (Å²) >= 11 is 0. The highest BCUT2D eigenvalue weighted by atomic mass is 16.2. The molecule has 0 aliphatic carbocycles. The van der Waals surface area contributed by atoms with Crippen LogP contribution in [0.3, 0.4) is 0 Å². The zero-order valence-electron chi connectivity index (χ0n) is 6.62. The average Bonchev–Trinajstić information content (AvgIpc) is 2.03. The third-order valence-corrected chi connectivity index (χ3v) is 1.88. The van der Waals surface area contributed by atoms with Crippen LogP contribution < -0.4 is 11.1 Å². The molecule has 0 atom stereocenters. The maximum atomic E-state index is 10.3. The molecule has 1 radical (unpaired) electrons. The number of carbonyl (C=O) groups is 1. The number of hydrogen-bond acceptors (Lipinski definition) is 2. The molecule has 0 aromatic rings. The molecule has 1 aliphatic heterocycles. The third-order valence-electron chi connectivity index (χ3n) is 1.88. The first-order valence-corrected chi connectivity index (χ1v) is 3.98. The normalized spacial score (nSPS) is 19.6. The number of primary amides is 1. The number of carbonyl (C=O) groups excluding carboxylic acids is 1. The Kier molecular flexibility index (Phi) is 3.16. The molecular weight excluding hydrogens is 142 g/mol. The second-order valence-electron chi connectivity index (χ2n) is 2.82. The van der Waals surface area contributed by atoms with Crippen molar-refractivity contribution < 1.29 is 4.79 Å². The van der Waals surface area contributed by atoms with Gasteiger partial charge in [0.05, 0.1) is 6.67 Å². The van der Waals surface area contributed by atoms with Gasteiger partial charge in [-0.25, -0.2) is 10.1 Å². The number of nitrogens with two attached hydrogens (primary N) is 1. The predicted octanol–water partition coefficient (Wildman–Crippen LogP) is 0.113. The van der Waals surface area contributed by atoms with Crippen molar-refractivity contribution in [3.8, 4) is 0 Å². The maximum absolute atomic E-state index is 10.3. The van der Waals surface area contributed by atoms with Crippen molar-refractivity contribution in [2.24, 2.45) is 5.73 Å². The van der Waals surface area contributed by atoms with Gasteiger partial charge in [0.1, 0.15) is 0 Å². The smallest absolute Gasteiger partial charge is 0.335 e.